The average Bonchev–Trinajstić information content (AvgIpc) is 2.75. The summed E-state index contributed by atoms with van der Waals surface area (Å²) in [4.78, 5) is 0. The number of rotatable bonds is 5. The molecule has 0 aliphatic rings. The second kappa shape index (κ2) is 5.89. The molecule has 1 atom stereocenters. The van der Waals surface area contributed by atoms with Crippen molar-refractivity contribution in [3.05, 3.63) is 47.3 Å². The molecule has 0 spiro atoms. The molecule has 1 heterocycles. The van der Waals surface area contributed by atoms with Gasteiger partial charge in [0, 0.05) is 31.4 Å². The first-order chi connectivity index (χ1) is 9.10. The largest absolute Gasteiger partial charge is 0.497 e. The molecule has 1 aromatic heterocycles. The lowest BCUT2D eigenvalue weighted by atomic mass is 10.1. The van der Waals surface area contributed by atoms with Crippen LogP contribution < -0.4 is 10.1 Å². The third kappa shape index (κ3) is 3.35. The van der Waals surface area contributed by atoms with E-state index >= 15 is 0 Å². The molecule has 0 aliphatic heterocycles. The van der Waals surface area contributed by atoms with Crippen molar-refractivity contribution < 1.29 is 4.74 Å². The van der Waals surface area contributed by atoms with Gasteiger partial charge in [0.05, 0.1) is 12.8 Å². The van der Waals surface area contributed by atoms with Gasteiger partial charge in [-0.15, -0.1) is 0 Å². The van der Waals surface area contributed by atoms with Gasteiger partial charge in [-0.1, -0.05) is 12.1 Å². The van der Waals surface area contributed by atoms with E-state index in [2.05, 4.69) is 35.7 Å². The first-order valence-corrected chi connectivity index (χ1v) is 6.46. The zero-order chi connectivity index (χ0) is 13.8. The van der Waals surface area contributed by atoms with Crippen molar-refractivity contribution in [1.29, 1.82) is 0 Å². The zero-order valence-corrected chi connectivity index (χ0v) is 12.0. The standard InChI is InChI=1S/C15H21N3O/c1-11(15-10-18(3)17-12(15)2)16-9-13-6-5-7-14(8-13)19-4/h5-8,10-11,16H,9H2,1-4H3. The van der Waals surface area contributed by atoms with Crippen LogP contribution in [0.15, 0.2) is 30.5 Å². The molecule has 0 aliphatic carbocycles. The normalized spacial score (nSPS) is 12.4. The highest BCUT2D eigenvalue weighted by molar-refractivity contribution is 5.28. The van der Waals surface area contributed by atoms with Gasteiger partial charge in [0.15, 0.2) is 0 Å². The molecule has 0 saturated heterocycles. The van der Waals surface area contributed by atoms with Crippen LogP contribution in [0, 0.1) is 6.92 Å². The van der Waals surface area contributed by atoms with Crippen molar-refractivity contribution in [2.45, 2.75) is 26.4 Å². The Morgan fingerprint density at radius 1 is 1.42 bits per heavy atom. The maximum atomic E-state index is 5.23. The number of hydrogen-bond donors (Lipinski definition) is 1. The molecule has 0 bridgehead atoms. The fourth-order valence-corrected chi connectivity index (χ4v) is 2.21. The summed E-state index contributed by atoms with van der Waals surface area (Å²) in [6.45, 7) is 5.01. The summed E-state index contributed by atoms with van der Waals surface area (Å²) in [6.07, 6.45) is 2.07. The Labute approximate surface area is 114 Å². The Morgan fingerprint density at radius 2 is 2.21 bits per heavy atom. The zero-order valence-electron chi connectivity index (χ0n) is 12.0. The second-order valence-electron chi connectivity index (χ2n) is 4.80. The van der Waals surface area contributed by atoms with Crippen LogP contribution in [0.4, 0.5) is 0 Å². The Kier molecular flexibility index (Phi) is 4.22. The van der Waals surface area contributed by atoms with E-state index in [1.807, 2.05) is 30.8 Å². The molecule has 4 nitrogen and oxygen atoms in total. The lowest BCUT2D eigenvalue weighted by Gasteiger charge is -2.13. The minimum Gasteiger partial charge on any atom is -0.497 e. The van der Waals surface area contributed by atoms with Crippen molar-refractivity contribution >= 4 is 0 Å². The topological polar surface area (TPSA) is 39.1 Å². The van der Waals surface area contributed by atoms with Crippen molar-refractivity contribution in [3.8, 4) is 5.75 Å². The molecular formula is C15H21N3O. The molecule has 4 heteroatoms. The molecule has 1 aromatic carbocycles. The summed E-state index contributed by atoms with van der Waals surface area (Å²) < 4.78 is 7.08. The van der Waals surface area contributed by atoms with E-state index in [0.717, 1.165) is 18.0 Å². The molecule has 0 saturated carbocycles. The van der Waals surface area contributed by atoms with Gasteiger partial charge in [-0.3, -0.25) is 4.68 Å². The number of hydrogen-bond acceptors (Lipinski definition) is 3. The Morgan fingerprint density at radius 3 is 2.84 bits per heavy atom. The number of aryl methyl sites for hydroxylation is 2. The highest BCUT2D eigenvalue weighted by Crippen LogP contribution is 2.17. The van der Waals surface area contributed by atoms with Crippen LogP contribution in [0.25, 0.3) is 0 Å². The maximum absolute atomic E-state index is 5.23. The molecule has 2 aromatic rings. The summed E-state index contributed by atoms with van der Waals surface area (Å²) in [5, 5.41) is 7.88. The third-order valence-corrected chi connectivity index (χ3v) is 3.26. The van der Waals surface area contributed by atoms with Crippen molar-refractivity contribution in [1.82, 2.24) is 15.1 Å². The highest BCUT2D eigenvalue weighted by Gasteiger charge is 2.11. The molecule has 0 radical (unpaired) electrons. The van der Waals surface area contributed by atoms with Gasteiger partial charge in [-0.05, 0) is 31.5 Å². The molecule has 19 heavy (non-hydrogen) atoms. The smallest absolute Gasteiger partial charge is 0.119 e. The van der Waals surface area contributed by atoms with Crippen molar-refractivity contribution in [2.75, 3.05) is 7.11 Å². The fourth-order valence-electron chi connectivity index (χ4n) is 2.21. The average molecular weight is 259 g/mol. The van der Waals surface area contributed by atoms with E-state index in [-0.39, 0.29) is 6.04 Å². The van der Waals surface area contributed by atoms with Crippen LogP contribution in [0.5, 0.6) is 5.75 Å². The van der Waals surface area contributed by atoms with E-state index in [0.29, 0.717) is 0 Å². The van der Waals surface area contributed by atoms with Crippen LogP contribution in [0.1, 0.15) is 29.8 Å². The number of ether oxygens (including phenoxy) is 1. The van der Waals surface area contributed by atoms with E-state index in [1.54, 1.807) is 7.11 Å². The minimum atomic E-state index is 0.278. The fraction of sp³-hybridized carbons (Fsp3) is 0.400. The molecule has 1 unspecified atom stereocenters. The van der Waals surface area contributed by atoms with Crippen LogP contribution in [-0.2, 0) is 13.6 Å². The first kappa shape index (κ1) is 13.6. The number of aromatic nitrogens is 2. The van der Waals surface area contributed by atoms with E-state index in [9.17, 15) is 0 Å². The van der Waals surface area contributed by atoms with Gasteiger partial charge >= 0.3 is 0 Å². The van der Waals surface area contributed by atoms with Gasteiger partial charge < -0.3 is 10.1 Å². The summed E-state index contributed by atoms with van der Waals surface area (Å²) in [5.41, 5.74) is 3.53. The minimum absolute atomic E-state index is 0.278. The SMILES string of the molecule is COc1cccc(CNC(C)c2cn(C)nc2C)c1. The highest BCUT2D eigenvalue weighted by atomic mass is 16.5. The summed E-state index contributed by atoms with van der Waals surface area (Å²) in [6, 6.07) is 8.39. The second-order valence-corrected chi connectivity index (χ2v) is 4.80. The number of methoxy groups -OCH3 is 1. The third-order valence-electron chi connectivity index (χ3n) is 3.26. The van der Waals surface area contributed by atoms with Crippen LogP contribution in [0.2, 0.25) is 0 Å². The number of nitrogens with one attached hydrogen (secondary N) is 1. The number of nitrogens with zero attached hydrogens (tertiary/aromatic N) is 2. The van der Waals surface area contributed by atoms with Gasteiger partial charge in [0.2, 0.25) is 0 Å². The summed E-state index contributed by atoms with van der Waals surface area (Å²) in [5.74, 6) is 0.893. The Bertz CT molecular complexity index is 548. The van der Waals surface area contributed by atoms with Crippen LogP contribution in [-0.4, -0.2) is 16.9 Å². The van der Waals surface area contributed by atoms with Gasteiger partial charge in [-0.2, -0.15) is 5.10 Å². The monoisotopic (exact) mass is 259 g/mol. The molecule has 1 N–H and O–H groups in total. The lowest BCUT2D eigenvalue weighted by Crippen LogP contribution is -2.18. The quantitative estimate of drug-likeness (QED) is 0.897. The van der Waals surface area contributed by atoms with Crippen molar-refractivity contribution in [3.63, 3.8) is 0 Å². The van der Waals surface area contributed by atoms with E-state index in [1.165, 1.54) is 11.1 Å². The van der Waals surface area contributed by atoms with Crippen molar-refractivity contribution in [2.24, 2.45) is 7.05 Å². The summed E-state index contributed by atoms with van der Waals surface area (Å²) >= 11 is 0. The summed E-state index contributed by atoms with van der Waals surface area (Å²) in [7, 11) is 3.64. The lowest BCUT2D eigenvalue weighted by molar-refractivity contribution is 0.414. The molecule has 0 fully saturated rings. The van der Waals surface area contributed by atoms with Gasteiger partial charge in [0.1, 0.15) is 5.75 Å². The Balaban J connectivity index is 2.00. The van der Waals surface area contributed by atoms with Gasteiger partial charge in [-0.25, -0.2) is 0 Å². The first-order valence-electron chi connectivity index (χ1n) is 6.46. The predicted octanol–water partition coefficient (Wildman–Crippen LogP) is 2.59. The van der Waals surface area contributed by atoms with E-state index in [4.69, 9.17) is 4.74 Å². The van der Waals surface area contributed by atoms with E-state index < -0.39 is 0 Å². The molecule has 0 amide bonds. The maximum Gasteiger partial charge on any atom is 0.119 e. The Hall–Kier alpha value is -1.81. The molecular weight excluding hydrogens is 238 g/mol. The molecule has 2 rings (SSSR count). The van der Waals surface area contributed by atoms with Gasteiger partial charge in [0.25, 0.3) is 0 Å². The predicted molar refractivity (Wildman–Crippen MR) is 76.2 cm³/mol. The molecule has 102 valence electrons. The van der Waals surface area contributed by atoms with Crippen LogP contribution in [0.3, 0.4) is 0 Å². The van der Waals surface area contributed by atoms with Crippen LogP contribution >= 0.6 is 0 Å². The number of benzene rings is 1.